The Morgan fingerprint density at radius 1 is 1.17 bits per heavy atom. The SMILES string of the molecule is C[C@@H](NC(=O)C1CCN(Cc2c(F)cccc2Cl)CC1)c1ccc(C(C)(C)C)cc1. The highest BCUT2D eigenvalue weighted by molar-refractivity contribution is 6.31. The molecule has 3 nitrogen and oxygen atoms in total. The molecule has 0 radical (unpaired) electrons. The summed E-state index contributed by atoms with van der Waals surface area (Å²) in [7, 11) is 0. The minimum absolute atomic E-state index is 0.00589. The van der Waals surface area contributed by atoms with E-state index in [1.54, 1.807) is 12.1 Å². The summed E-state index contributed by atoms with van der Waals surface area (Å²) in [6.07, 6.45) is 1.54. The molecule has 0 unspecified atom stereocenters. The van der Waals surface area contributed by atoms with Crippen molar-refractivity contribution in [2.24, 2.45) is 5.92 Å². The molecule has 1 fully saturated rings. The molecule has 1 saturated heterocycles. The summed E-state index contributed by atoms with van der Waals surface area (Å²) >= 11 is 6.15. The van der Waals surface area contributed by atoms with Crippen molar-refractivity contribution in [1.29, 1.82) is 0 Å². The van der Waals surface area contributed by atoms with Crippen LogP contribution in [0.4, 0.5) is 4.39 Å². The van der Waals surface area contributed by atoms with Gasteiger partial charge in [0.2, 0.25) is 5.91 Å². The number of hydrogen-bond acceptors (Lipinski definition) is 2. The predicted octanol–water partition coefficient (Wildman–Crippen LogP) is 5.87. The molecule has 0 saturated carbocycles. The summed E-state index contributed by atoms with van der Waals surface area (Å²) in [5.41, 5.74) is 3.05. The first-order chi connectivity index (χ1) is 14.1. The molecule has 0 spiro atoms. The van der Waals surface area contributed by atoms with Crippen molar-refractivity contribution in [3.8, 4) is 0 Å². The largest absolute Gasteiger partial charge is 0.349 e. The smallest absolute Gasteiger partial charge is 0.223 e. The molecule has 1 amide bonds. The van der Waals surface area contributed by atoms with Gasteiger partial charge in [-0.05, 0) is 61.5 Å². The van der Waals surface area contributed by atoms with Crippen LogP contribution in [0.3, 0.4) is 0 Å². The zero-order valence-corrected chi connectivity index (χ0v) is 19.1. The fourth-order valence-electron chi connectivity index (χ4n) is 3.95. The third-order valence-electron chi connectivity index (χ3n) is 6.04. The molecule has 162 valence electrons. The van der Waals surface area contributed by atoms with Crippen LogP contribution in [-0.2, 0) is 16.8 Å². The van der Waals surface area contributed by atoms with Crippen LogP contribution in [0.15, 0.2) is 42.5 Å². The van der Waals surface area contributed by atoms with Gasteiger partial charge in [-0.1, -0.05) is 62.7 Å². The maximum absolute atomic E-state index is 14.0. The third-order valence-corrected chi connectivity index (χ3v) is 6.39. The highest BCUT2D eigenvalue weighted by Gasteiger charge is 2.27. The van der Waals surface area contributed by atoms with E-state index in [2.05, 4.69) is 55.3 Å². The van der Waals surface area contributed by atoms with Crippen molar-refractivity contribution in [1.82, 2.24) is 10.2 Å². The molecule has 0 aliphatic carbocycles. The molecule has 2 aromatic carbocycles. The van der Waals surface area contributed by atoms with E-state index in [1.807, 2.05) is 6.92 Å². The highest BCUT2D eigenvalue weighted by atomic mass is 35.5. The van der Waals surface area contributed by atoms with E-state index in [0.29, 0.717) is 17.1 Å². The third kappa shape index (κ3) is 5.61. The molecule has 1 atom stereocenters. The lowest BCUT2D eigenvalue weighted by molar-refractivity contribution is -0.127. The van der Waals surface area contributed by atoms with Crippen LogP contribution >= 0.6 is 11.6 Å². The molecule has 2 aromatic rings. The molecular weight excluding hydrogens is 399 g/mol. The molecule has 30 heavy (non-hydrogen) atoms. The second-order valence-corrected chi connectivity index (χ2v) is 9.76. The van der Waals surface area contributed by atoms with Gasteiger partial charge < -0.3 is 5.32 Å². The molecule has 1 aliphatic rings. The van der Waals surface area contributed by atoms with Crippen LogP contribution in [0.1, 0.15) is 63.3 Å². The topological polar surface area (TPSA) is 32.3 Å². The number of amides is 1. The zero-order valence-electron chi connectivity index (χ0n) is 18.3. The molecular formula is C25H32ClFN2O. The molecule has 3 rings (SSSR count). The van der Waals surface area contributed by atoms with Gasteiger partial charge in [-0.2, -0.15) is 0 Å². The summed E-state index contributed by atoms with van der Waals surface area (Å²) < 4.78 is 14.0. The van der Waals surface area contributed by atoms with Crippen LogP contribution in [-0.4, -0.2) is 23.9 Å². The van der Waals surface area contributed by atoms with Crippen molar-refractivity contribution in [2.75, 3.05) is 13.1 Å². The van der Waals surface area contributed by atoms with Crippen molar-refractivity contribution in [3.63, 3.8) is 0 Å². The van der Waals surface area contributed by atoms with Gasteiger partial charge in [0.15, 0.2) is 0 Å². The lowest BCUT2D eigenvalue weighted by Crippen LogP contribution is -2.41. The molecule has 1 N–H and O–H groups in total. The Bertz CT molecular complexity index is 847. The monoisotopic (exact) mass is 430 g/mol. The molecule has 1 aliphatic heterocycles. The van der Waals surface area contributed by atoms with E-state index >= 15 is 0 Å². The van der Waals surface area contributed by atoms with Gasteiger partial charge in [0.25, 0.3) is 0 Å². The van der Waals surface area contributed by atoms with Gasteiger partial charge in [0, 0.05) is 23.0 Å². The van der Waals surface area contributed by atoms with Crippen LogP contribution in [0.2, 0.25) is 5.02 Å². The first-order valence-corrected chi connectivity index (χ1v) is 11.1. The van der Waals surface area contributed by atoms with Crippen LogP contribution < -0.4 is 5.32 Å². The number of carbonyl (C=O) groups is 1. The van der Waals surface area contributed by atoms with E-state index in [4.69, 9.17) is 11.6 Å². The number of nitrogens with zero attached hydrogens (tertiary/aromatic N) is 1. The maximum atomic E-state index is 14.0. The predicted molar refractivity (Wildman–Crippen MR) is 121 cm³/mol. The number of rotatable bonds is 5. The first-order valence-electron chi connectivity index (χ1n) is 10.7. The normalized spacial score (nSPS) is 17.0. The number of nitrogens with one attached hydrogen (secondary N) is 1. The van der Waals surface area contributed by atoms with Crippen LogP contribution in [0, 0.1) is 11.7 Å². The van der Waals surface area contributed by atoms with E-state index in [0.717, 1.165) is 31.5 Å². The van der Waals surface area contributed by atoms with Gasteiger partial charge in [-0.25, -0.2) is 4.39 Å². The number of carbonyl (C=O) groups excluding carboxylic acids is 1. The van der Waals surface area contributed by atoms with Crippen molar-refractivity contribution >= 4 is 17.5 Å². The van der Waals surface area contributed by atoms with Crippen molar-refractivity contribution in [3.05, 3.63) is 70.0 Å². The molecule has 0 aromatic heterocycles. The second kappa shape index (κ2) is 9.49. The molecule has 1 heterocycles. The minimum Gasteiger partial charge on any atom is -0.349 e. The second-order valence-electron chi connectivity index (χ2n) is 9.35. The molecule has 0 bridgehead atoms. The van der Waals surface area contributed by atoms with Crippen LogP contribution in [0.5, 0.6) is 0 Å². The Labute approximate surface area is 184 Å². The summed E-state index contributed by atoms with van der Waals surface area (Å²) in [6, 6.07) is 13.2. The lowest BCUT2D eigenvalue weighted by Gasteiger charge is -2.32. The number of likely N-dealkylation sites (tertiary alicyclic amines) is 1. The number of halogens is 2. The van der Waals surface area contributed by atoms with Crippen molar-refractivity contribution < 1.29 is 9.18 Å². The summed E-state index contributed by atoms with van der Waals surface area (Å²) in [5.74, 6) is -0.173. The van der Waals surface area contributed by atoms with Crippen molar-refractivity contribution in [2.45, 2.75) is 58.5 Å². The average Bonchev–Trinajstić information content (AvgIpc) is 2.70. The van der Waals surface area contributed by atoms with Gasteiger partial charge in [0.05, 0.1) is 6.04 Å². The summed E-state index contributed by atoms with van der Waals surface area (Å²) in [6.45, 7) is 10.6. The van der Waals surface area contributed by atoms with Gasteiger partial charge >= 0.3 is 0 Å². The fourth-order valence-corrected chi connectivity index (χ4v) is 4.17. The van der Waals surface area contributed by atoms with E-state index in [9.17, 15) is 9.18 Å². The van der Waals surface area contributed by atoms with Gasteiger partial charge in [-0.15, -0.1) is 0 Å². The first kappa shape index (κ1) is 22.8. The summed E-state index contributed by atoms with van der Waals surface area (Å²) in [5, 5.41) is 3.63. The average molecular weight is 431 g/mol. The quantitative estimate of drug-likeness (QED) is 0.643. The Balaban J connectivity index is 1.51. The Morgan fingerprint density at radius 3 is 2.37 bits per heavy atom. The standard InChI is InChI=1S/C25H32ClFN2O/c1-17(18-8-10-20(11-9-18)25(2,3)4)28-24(30)19-12-14-29(15-13-19)16-21-22(26)6-5-7-23(21)27/h5-11,17,19H,12-16H2,1-4H3,(H,28,30)/t17-/m1/s1. The lowest BCUT2D eigenvalue weighted by atomic mass is 9.86. The number of piperidine rings is 1. The summed E-state index contributed by atoms with van der Waals surface area (Å²) in [4.78, 5) is 14.9. The number of hydrogen-bond donors (Lipinski definition) is 1. The number of benzene rings is 2. The molecule has 5 heteroatoms. The Hall–Kier alpha value is -1.91. The van der Waals surface area contributed by atoms with E-state index < -0.39 is 0 Å². The zero-order chi connectivity index (χ0) is 21.9. The fraction of sp³-hybridized carbons (Fsp3) is 0.480. The maximum Gasteiger partial charge on any atom is 0.223 e. The van der Waals surface area contributed by atoms with Gasteiger partial charge in [-0.3, -0.25) is 9.69 Å². The van der Waals surface area contributed by atoms with E-state index in [-0.39, 0.29) is 29.1 Å². The highest BCUT2D eigenvalue weighted by Crippen LogP contribution is 2.26. The Morgan fingerprint density at radius 2 is 1.80 bits per heavy atom. The minimum atomic E-state index is -0.270. The van der Waals surface area contributed by atoms with Gasteiger partial charge in [0.1, 0.15) is 5.82 Å². The Kier molecular flexibility index (Phi) is 7.20. The van der Waals surface area contributed by atoms with E-state index in [1.165, 1.54) is 11.6 Å². The van der Waals surface area contributed by atoms with Crippen LogP contribution in [0.25, 0.3) is 0 Å².